The molecule has 0 rings (SSSR count). The van der Waals surface area contributed by atoms with Gasteiger partial charge in [0.15, 0.2) is 0 Å². The van der Waals surface area contributed by atoms with Gasteiger partial charge in [-0.15, -0.1) is 0 Å². The lowest BCUT2D eigenvalue weighted by atomic mass is 9.79. The standard InChI is InChI=1S/C38H74O3/c1-6-9-12-15-18-19-20-21-22-25-28-31-34-38(5,33-30-27-24-17-14-11-8-3)37(40)41-36(39)35(4)32-29-26-23-16-13-10-7-2/h35H,6-34H2,1-5H3. The van der Waals surface area contributed by atoms with E-state index in [1.54, 1.807) is 0 Å². The van der Waals surface area contributed by atoms with Gasteiger partial charge in [0.2, 0.25) is 0 Å². The van der Waals surface area contributed by atoms with E-state index in [9.17, 15) is 9.59 Å². The number of hydrogen-bond acceptors (Lipinski definition) is 3. The Morgan fingerprint density at radius 3 is 1.12 bits per heavy atom. The summed E-state index contributed by atoms with van der Waals surface area (Å²) in [5.41, 5.74) is -0.531. The summed E-state index contributed by atoms with van der Waals surface area (Å²) in [6.45, 7) is 10.8. The van der Waals surface area contributed by atoms with E-state index in [-0.39, 0.29) is 17.9 Å². The van der Waals surface area contributed by atoms with Gasteiger partial charge in [0, 0.05) is 0 Å². The number of ether oxygens (including phenoxy) is 1. The minimum absolute atomic E-state index is 0.191. The molecule has 0 spiro atoms. The Balaban J connectivity index is 4.48. The van der Waals surface area contributed by atoms with Crippen molar-refractivity contribution in [1.82, 2.24) is 0 Å². The molecule has 0 heterocycles. The largest absolute Gasteiger partial charge is 0.393 e. The van der Waals surface area contributed by atoms with Crippen LogP contribution in [0.4, 0.5) is 0 Å². The molecule has 3 nitrogen and oxygen atoms in total. The van der Waals surface area contributed by atoms with Crippen LogP contribution in [0.25, 0.3) is 0 Å². The van der Waals surface area contributed by atoms with E-state index in [1.807, 2.05) is 6.92 Å². The van der Waals surface area contributed by atoms with Crippen molar-refractivity contribution in [3.8, 4) is 0 Å². The Morgan fingerprint density at radius 2 is 0.780 bits per heavy atom. The van der Waals surface area contributed by atoms with Crippen LogP contribution in [0.3, 0.4) is 0 Å². The number of esters is 2. The van der Waals surface area contributed by atoms with Gasteiger partial charge in [-0.2, -0.15) is 0 Å². The summed E-state index contributed by atoms with van der Waals surface area (Å²) in [6, 6.07) is 0. The molecule has 0 radical (unpaired) electrons. The third-order valence-corrected chi connectivity index (χ3v) is 9.24. The molecule has 0 aliphatic heterocycles. The van der Waals surface area contributed by atoms with E-state index in [2.05, 4.69) is 27.7 Å². The highest BCUT2D eigenvalue weighted by Gasteiger charge is 2.36. The topological polar surface area (TPSA) is 43.4 Å². The average molecular weight is 579 g/mol. The fraction of sp³-hybridized carbons (Fsp3) is 0.947. The maximum Gasteiger partial charge on any atom is 0.319 e. The van der Waals surface area contributed by atoms with Crippen LogP contribution in [0, 0.1) is 11.3 Å². The molecule has 0 aliphatic rings. The summed E-state index contributed by atoms with van der Waals surface area (Å²) in [4.78, 5) is 26.2. The molecule has 0 amide bonds. The Morgan fingerprint density at radius 1 is 0.488 bits per heavy atom. The van der Waals surface area contributed by atoms with Crippen molar-refractivity contribution in [2.24, 2.45) is 11.3 Å². The van der Waals surface area contributed by atoms with Crippen LogP contribution < -0.4 is 0 Å². The Bertz CT molecular complexity index is 586. The molecule has 3 heteroatoms. The van der Waals surface area contributed by atoms with Gasteiger partial charge in [0.1, 0.15) is 0 Å². The molecule has 41 heavy (non-hydrogen) atoms. The smallest absolute Gasteiger partial charge is 0.319 e. The number of unbranched alkanes of at least 4 members (excludes halogenated alkanes) is 23. The summed E-state index contributed by atoms with van der Waals surface area (Å²) >= 11 is 0. The first kappa shape index (κ1) is 40.1. The van der Waals surface area contributed by atoms with Crippen molar-refractivity contribution in [2.45, 2.75) is 221 Å². The second-order valence-corrected chi connectivity index (χ2v) is 13.6. The minimum atomic E-state index is -0.531. The van der Waals surface area contributed by atoms with Crippen molar-refractivity contribution in [1.29, 1.82) is 0 Å². The second kappa shape index (κ2) is 29.2. The van der Waals surface area contributed by atoms with E-state index >= 15 is 0 Å². The van der Waals surface area contributed by atoms with E-state index < -0.39 is 5.41 Å². The number of hydrogen-bond donors (Lipinski definition) is 0. The number of rotatable bonds is 31. The van der Waals surface area contributed by atoms with E-state index in [0.29, 0.717) is 0 Å². The quantitative estimate of drug-likeness (QED) is 0.0467. The Hall–Kier alpha value is -0.860. The summed E-state index contributed by atoms with van der Waals surface area (Å²) in [6.07, 6.45) is 35.7. The van der Waals surface area contributed by atoms with E-state index in [0.717, 1.165) is 38.5 Å². The highest BCUT2D eigenvalue weighted by atomic mass is 16.6. The van der Waals surface area contributed by atoms with E-state index in [1.165, 1.54) is 148 Å². The van der Waals surface area contributed by atoms with Crippen LogP contribution in [0.5, 0.6) is 0 Å². The van der Waals surface area contributed by atoms with Crippen molar-refractivity contribution in [3.05, 3.63) is 0 Å². The monoisotopic (exact) mass is 579 g/mol. The molecule has 0 aromatic heterocycles. The third-order valence-electron chi connectivity index (χ3n) is 9.24. The molecular formula is C38H74O3. The van der Waals surface area contributed by atoms with Gasteiger partial charge >= 0.3 is 11.9 Å². The zero-order chi connectivity index (χ0) is 30.4. The lowest BCUT2D eigenvalue weighted by Gasteiger charge is -2.27. The molecule has 0 bridgehead atoms. The van der Waals surface area contributed by atoms with Crippen LogP contribution in [0.2, 0.25) is 0 Å². The average Bonchev–Trinajstić information content (AvgIpc) is 2.96. The van der Waals surface area contributed by atoms with E-state index in [4.69, 9.17) is 4.74 Å². The molecule has 0 aromatic carbocycles. The van der Waals surface area contributed by atoms with Gasteiger partial charge in [-0.1, -0.05) is 195 Å². The molecule has 0 aliphatic carbocycles. The lowest BCUT2D eigenvalue weighted by Crippen LogP contribution is -2.33. The normalized spacial score (nSPS) is 13.7. The van der Waals surface area contributed by atoms with Gasteiger partial charge < -0.3 is 4.74 Å². The number of carbonyl (C=O) groups is 2. The van der Waals surface area contributed by atoms with Gasteiger partial charge in [-0.05, 0) is 26.2 Å². The molecule has 2 unspecified atom stereocenters. The van der Waals surface area contributed by atoms with Gasteiger partial charge in [0.25, 0.3) is 0 Å². The first-order chi connectivity index (χ1) is 19.9. The fourth-order valence-electron chi connectivity index (χ4n) is 6.00. The molecule has 0 N–H and O–H groups in total. The van der Waals surface area contributed by atoms with Crippen LogP contribution in [-0.2, 0) is 14.3 Å². The first-order valence-electron chi connectivity index (χ1n) is 18.7. The maximum absolute atomic E-state index is 13.4. The molecule has 0 fully saturated rings. The molecule has 2 atom stereocenters. The zero-order valence-corrected chi connectivity index (χ0v) is 28.8. The molecule has 0 saturated carbocycles. The molecule has 0 saturated heterocycles. The molecule has 244 valence electrons. The summed E-state index contributed by atoms with van der Waals surface area (Å²) in [7, 11) is 0. The maximum atomic E-state index is 13.4. The lowest BCUT2D eigenvalue weighted by molar-refractivity contribution is -0.170. The van der Waals surface area contributed by atoms with Crippen LogP contribution in [0.15, 0.2) is 0 Å². The second-order valence-electron chi connectivity index (χ2n) is 13.6. The van der Waals surface area contributed by atoms with Crippen molar-refractivity contribution in [2.75, 3.05) is 0 Å². The van der Waals surface area contributed by atoms with Crippen molar-refractivity contribution < 1.29 is 14.3 Å². The van der Waals surface area contributed by atoms with Crippen LogP contribution >= 0.6 is 0 Å². The van der Waals surface area contributed by atoms with Gasteiger partial charge in [0.05, 0.1) is 11.3 Å². The highest BCUT2D eigenvalue weighted by molar-refractivity contribution is 5.89. The molecular weight excluding hydrogens is 504 g/mol. The Labute approximate surface area is 258 Å². The highest BCUT2D eigenvalue weighted by Crippen LogP contribution is 2.34. The predicted octanol–water partition coefficient (Wildman–Crippen LogP) is 13.1. The van der Waals surface area contributed by atoms with Crippen LogP contribution in [-0.4, -0.2) is 11.9 Å². The minimum Gasteiger partial charge on any atom is -0.393 e. The van der Waals surface area contributed by atoms with Crippen molar-refractivity contribution in [3.63, 3.8) is 0 Å². The zero-order valence-electron chi connectivity index (χ0n) is 28.8. The fourth-order valence-corrected chi connectivity index (χ4v) is 6.00. The summed E-state index contributed by atoms with van der Waals surface area (Å²) < 4.78 is 5.58. The predicted molar refractivity (Wildman–Crippen MR) is 179 cm³/mol. The van der Waals surface area contributed by atoms with Crippen LogP contribution in [0.1, 0.15) is 221 Å². The Kier molecular flexibility index (Phi) is 28.6. The van der Waals surface area contributed by atoms with Gasteiger partial charge in [-0.3, -0.25) is 9.59 Å². The van der Waals surface area contributed by atoms with Gasteiger partial charge in [-0.25, -0.2) is 0 Å². The van der Waals surface area contributed by atoms with Crippen molar-refractivity contribution >= 4 is 11.9 Å². The number of carbonyl (C=O) groups excluding carboxylic acids is 2. The summed E-state index contributed by atoms with van der Waals surface area (Å²) in [5.74, 6) is -0.756. The summed E-state index contributed by atoms with van der Waals surface area (Å²) in [5, 5.41) is 0. The first-order valence-corrected chi connectivity index (χ1v) is 18.7. The molecule has 0 aromatic rings. The SMILES string of the molecule is CCCCCCCCCCCCCCC(C)(CCCCCCCCC)C(=O)OC(=O)C(C)CCCCCCCCC. The third kappa shape index (κ3) is 24.3.